The average molecular weight is 539 g/mol. The Kier molecular flexibility index (Phi) is 6.11. The molecule has 0 aromatic carbocycles. The first kappa shape index (κ1) is 25.3. The van der Waals surface area contributed by atoms with Gasteiger partial charge in [0.25, 0.3) is 12.0 Å². The Hall–Kier alpha value is -4.37. The van der Waals surface area contributed by atoms with E-state index in [2.05, 4.69) is 25.3 Å². The Bertz CT molecular complexity index is 1610. The highest BCUT2D eigenvalue weighted by molar-refractivity contribution is 5.84. The lowest BCUT2D eigenvalue weighted by Gasteiger charge is -2.20. The molecule has 1 aliphatic rings. The third kappa shape index (κ3) is 4.68. The summed E-state index contributed by atoms with van der Waals surface area (Å²) < 4.78 is 79.8. The number of alkyl halides is 5. The van der Waals surface area contributed by atoms with Gasteiger partial charge in [-0.1, -0.05) is 0 Å². The fourth-order valence-corrected chi connectivity index (χ4v) is 3.75. The number of aryl methyl sites for hydroxylation is 1. The van der Waals surface area contributed by atoms with Crippen molar-refractivity contribution in [2.24, 2.45) is 12.5 Å². The molecule has 4 heterocycles. The van der Waals surface area contributed by atoms with Gasteiger partial charge in [0, 0.05) is 25.5 Å². The van der Waals surface area contributed by atoms with Gasteiger partial charge in [-0.3, -0.25) is 14.8 Å². The van der Waals surface area contributed by atoms with Gasteiger partial charge in [0.2, 0.25) is 12.0 Å². The van der Waals surface area contributed by atoms with Gasteiger partial charge in [0.05, 0.1) is 16.6 Å². The summed E-state index contributed by atoms with van der Waals surface area (Å²) in [4.78, 5) is 31.7. The van der Waals surface area contributed by atoms with Crippen molar-refractivity contribution in [3.05, 3.63) is 57.1 Å². The molecule has 4 aromatic rings. The summed E-state index contributed by atoms with van der Waals surface area (Å²) in [5.74, 6) is -0.358. The van der Waals surface area contributed by atoms with E-state index in [1.165, 1.54) is 23.9 Å². The van der Waals surface area contributed by atoms with Crippen molar-refractivity contribution in [3.63, 3.8) is 0 Å². The minimum atomic E-state index is -4.43. The fourth-order valence-electron chi connectivity index (χ4n) is 3.75. The molecule has 0 aliphatic heterocycles. The molecule has 1 aliphatic carbocycles. The number of nitrogens with zero attached hydrogens (tertiary/aromatic N) is 5. The van der Waals surface area contributed by atoms with E-state index in [1.54, 1.807) is 0 Å². The molecular weight excluding hydrogens is 521 g/mol. The van der Waals surface area contributed by atoms with Crippen molar-refractivity contribution in [2.75, 3.05) is 6.61 Å². The Balaban J connectivity index is 1.44. The average Bonchev–Trinajstić information content (AvgIpc) is 3.60. The van der Waals surface area contributed by atoms with E-state index in [4.69, 9.17) is 9.47 Å². The predicted octanol–water partition coefficient (Wildman–Crippen LogP) is 2.91. The molecule has 16 heteroatoms. The summed E-state index contributed by atoms with van der Waals surface area (Å²) in [7, 11) is 1.47. The van der Waals surface area contributed by atoms with Crippen molar-refractivity contribution in [1.82, 2.24) is 34.9 Å². The number of nitrogens with one attached hydrogen (secondary N) is 2. The minimum Gasteiger partial charge on any atom is -0.493 e. The predicted molar refractivity (Wildman–Crippen MR) is 120 cm³/mol. The number of pyridine rings is 1. The first-order valence-corrected chi connectivity index (χ1v) is 11.1. The molecule has 0 unspecified atom stereocenters. The van der Waals surface area contributed by atoms with Gasteiger partial charge in [0.15, 0.2) is 5.65 Å². The smallest absolute Gasteiger partial charge is 0.397 e. The molecule has 0 bridgehead atoms. The number of fused-ring (bicyclic) bond motifs is 1. The van der Waals surface area contributed by atoms with E-state index >= 15 is 0 Å². The number of ether oxygens (including phenoxy) is 2. The zero-order chi connectivity index (χ0) is 27.2. The third-order valence-corrected chi connectivity index (χ3v) is 6.13. The quantitative estimate of drug-likeness (QED) is 0.326. The van der Waals surface area contributed by atoms with E-state index in [9.17, 15) is 31.5 Å². The lowest BCUT2D eigenvalue weighted by atomic mass is 10.1. The SMILES string of the molecule is Cn1nc(O[C@H](c2cc(OCC3(C(F)(F)F)CC3)ccn2)C(F)F)c2cc(-c3c[nH]c(=O)[nH]c3=O)nnc21. The van der Waals surface area contributed by atoms with Crippen LogP contribution >= 0.6 is 0 Å². The summed E-state index contributed by atoms with van der Waals surface area (Å²) in [5.41, 5.74) is -3.61. The van der Waals surface area contributed by atoms with Crippen molar-refractivity contribution in [2.45, 2.75) is 31.5 Å². The molecule has 2 N–H and O–H groups in total. The molecular formula is C22H18F5N7O4. The number of rotatable bonds is 8. The van der Waals surface area contributed by atoms with Crippen molar-refractivity contribution in [3.8, 4) is 22.9 Å². The van der Waals surface area contributed by atoms with E-state index in [0.29, 0.717) is 0 Å². The van der Waals surface area contributed by atoms with Crippen molar-refractivity contribution < 1.29 is 31.4 Å². The molecule has 11 nitrogen and oxygen atoms in total. The Morgan fingerprint density at radius 3 is 2.61 bits per heavy atom. The van der Waals surface area contributed by atoms with Crippen LogP contribution in [0.1, 0.15) is 24.6 Å². The molecule has 0 spiro atoms. The van der Waals surface area contributed by atoms with Crippen LogP contribution in [0.5, 0.6) is 11.6 Å². The summed E-state index contributed by atoms with van der Waals surface area (Å²) in [6.45, 7) is -0.642. The molecule has 200 valence electrons. The van der Waals surface area contributed by atoms with Crippen LogP contribution in [0.15, 0.2) is 40.2 Å². The highest BCUT2D eigenvalue weighted by Gasteiger charge is 2.63. The van der Waals surface area contributed by atoms with Crippen molar-refractivity contribution >= 4 is 11.0 Å². The first-order chi connectivity index (χ1) is 18.0. The highest BCUT2D eigenvalue weighted by Crippen LogP contribution is 2.57. The van der Waals surface area contributed by atoms with E-state index in [-0.39, 0.29) is 52.5 Å². The summed E-state index contributed by atoms with van der Waals surface area (Å²) in [5, 5.41) is 12.1. The molecule has 4 aromatic heterocycles. The lowest BCUT2D eigenvalue weighted by molar-refractivity contribution is -0.194. The van der Waals surface area contributed by atoms with Crippen LogP contribution in [0.2, 0.25) is 0 Å². The largest absolute Gasteiger partial charge is 0.493 e. The second kappa shape index (κ2) is 9.18. The Morgan fingerprint density at radius 1 is 1.18 bits per heavy atom. The zero-order valence-electron chi connectivity index (χ0n) is 19.4. The van der Waals surface area contributed by atoms with E-state index < -0.39 is 42.0 Å². The maximum Gasteiger partial charge on any atom is 0.397 e. The van der Waals surface area contributed by atoms with Crippen LogP contribution in [0.4, 0.5) is 22.0 Å². The Morgan fingerprint density at radius 2 is 1.95 bits per heavy atom. The number of aromatic nitrogens is 7. The maximum absolute atomic E-state index is 14.1. The van der Waals surface area contributed by atoms with Gasteiger partial charge in [-0.2, -0.15) is 13.2 Å². The molecule has 0 amide bonds. The van der Waals surface area contributed by atoms with Crippen LogP contribution in [0, 0.1) is 5.41 Å². The normalized spacial score (nSPS) is 15.6. The molecule has 0 saturated heterocycles. The molecule has 38 heavy (non-hydrogen) atoms. The van der Waals surface area contributed by atoms with E-state index in [1.807, 2.05) is 4.98 Å². The molecule has 1 atom stereocenters. The molecule has 0 radical (unpaired) electrons. The van der Waals surface area contributed by atoms with Gasteiger partial charge < -0.3 is 14.5 Å². The van der Waals surface area contributed by atoms with Gasteiger partial charge in [0.1, 0.15) is 23.5 Å². The second-order valence-electron chi connectivity index (χ2n) is 8.74. The fraction of sp³-hybridized carbons (Fsp3) is 0.364. The standard InChI is InChI=1S/C22H18F5N7O4/c1-34-17-11(7-13(31-32-17)12-8-29-20(36)30-18(12)35)19(33-34)38-15(16(23)24)14-6-10(2-5-28-14)37-9-21(3-4-21)22(25,26)27/h2,5-8,15-16H,3-4,9H2,1H3,(H2,29,30,35,36)/t15-/m1/s1. The summed E-state index contributed by atoms with van der Waals surface area (Å²) in [6, 6.07) is 3.67. The molecule has 5 rings (SSSR count). The number of hydrogen-bond donors (Lipinski definition) is 2. The molecule has 1 saturated carbocycles. The summed E-state index contributed by atoms with van der Waals surface area (Å²) in [6.07, 6.45) is -7.41. The number of hydrogen-bond acceptors (Lipinski definition) is 8. The zero-order valence-corrected chi connectivity index (χ0v) is 19.4. The number of H-pyrrole nitrogens is 2. The number of halogens is 5. The van der Waals surface area contributed by atoms with Crippen LogP contribution in [0.3, 0.4) is 0 Å². The summed E-state index contributed by atoms with van der Waals surface area (Å²) >= 11 is 0. The first-order valence-electron chi connectivity index (χ1n) is 11.1. The Labute approximate surface area is 208 Å². The van der Waals surface area contributed by atoms with Gasteiger partial charge in [-0.05, 0) is 25.0 Å². The van der Waals surface area contributed by atoms with Crippen LogP contribution in [-0.4, -0.2) is 54.1 Å². The third-order valence-electron chi connectivity index (χ3n) is 6.13. The highest BCUT2D eigenvalue weighted by atomic mass is 19.4. The van der Waals surface area contributed by atoms with Crippen LogP contribution < -0.4 is 20.7 Å². The second-order valence-corrected chi connectivity index (χ2v) is 8.74. The number of aromatic amines is 2. The van der Waals surface area contributed by atoms with Gasteiger partial charge in [-0.15, -0.1) is 15.3 Å². The van der Waals surface area contributed by atoms with Crippen LogP contribution in [-0.2, 0) is 7.05 Å². The van der Waals surface area contributed by atoms with Gasteiger partial charge >= 0.3 is 11.9 Å². The molecule has 1 fully saturated rings. The topological polar surface area (TPSA) is 141 Å². The maximum atomic E-state index is 14.1. The lowest BCUT2D eigenvalue weighted by Crippen LogP contribution is -2.30. The van der Waals surface area contributed by atoms with Crippen molar-refractivity contribution in [1.29, 1.82) is 0 Å². The minimum absolute atomic E-state index is 0.00800. The van der Waals surface area contributed by atoms with E-state index in [0.717, 1.165) is 18.5 Å². The van der Waals surface area contributed by atoms with Gasteiger partial charge in [-0.25, -0.2) is 18.3 Å². The van der Waals surface area contributed by atoms with Crippen LogP contribution in [0.25, 0.3) is 22.3 Å². The monoisotopic (exact) mass is 539 g/mol.